The maximum Gasteiger partial charge on any atom is 0.407 e. The standard InChI is InChI=1S/C5H10F3N3/c1-4(5(6,7)8)2-10-3(9)11-4/h3,10-11H,2,9H2,1H3. The Kier molecular flexibility index (Phi) is 1.85. The second-order valence-electron chi connectivity index (χ2n) is 2.83. The summed E-state index contributed by atoms with van der Waals surface area (Å²) in [6, 6.07) is 0. The van der Waals surface area contributed by atoms with Gasteiger partial charge >= 0.3 is 6.18 Å². The highest BCUT2D eigenvalue weighted by Crippen LogP contribution is 2.31. The van der Waals surface area contributed by atoms with E-state index in [4.69, 9.17) is 5.73 Å². The fraction of sp³-hybridized carbons (Fsp3) is 1.00. The fourth-order valence-electron chi connectivity index (χ4n) is 0.941. The van der Waals surface area contributed by atoms with Gasteiger partial charge in [0.25, 0.3) is 0 Å². The van der Waals surface area contributed by atoms with Crippen molar-refractivity contribution in [3.63, 3.8) is 0 Å². The van der Waals surface area contributed by atoms with E-state index in [-0.39, 0.29) is 6.54 Å². The molecule has 1 aliphatic rings. The minimum Gasteiger partial charge on any atom is -0.304 e. The Hall–Kier alpha value is -0.330. The van der Waals surface area contributed by atoms with Crippen LogP contribution in [0.5, 0.6) is 0 Å². The molecule has 0 radical (unpaired) electrons. The lowest BCUT2D eigenvalue weighted by atomic mass is 10.0. The molecule has 2 atom stereocenters. The fourth-order valence-corrected chi connectivity index (χ4v) is 0.941. The molecule has 1 rings (SSSR count). The molecule has 11 heavy (non-hydrogen) atoms. The van der Waals surface area contributed by atoms with Crippen molar-refractivity contribution >= 4 is 0 Å². The van der Waals surface area contributed by atoms with E-state index in [0.717, 1.165) is 6.92 Å². The first-order valence-electron chi connectivity index (χ1n) is 3.18. The van der Waals surface area contributed by atoms with E-state index in [0.29, 0.717) is 0 Å². The van der Waals surface area contributed by atoms with Crippen LogP contribution in [0.4, 0.5) is 13.2 Å². The van der Waals surface area contributed by atoms with E-state index in [1.54, 1.807) is 0 Å². The number of hydrogen-bond donors (Lipinski definition) is 3. The van der Waals surface area contributed by atoms with Crippen LogP contribution in [0.15, 0.2) is 0 Å². The predicted molar refractivity (Wildman–Crippen MR) is 33.6 cm³/mol. The topological polar surface area (TPSA) is 50.1 Å². The summed E-state index contributed by atoms with van der Waals surface area (Å²) >= 11 is 0. The predicted octanol–water partition coefficient (Wildman–Crippen LogP) is -0.257. The monoisotopic (exact) mass is 169 g/mol. The van der Waals surface area contributed by atoms with E-state index in [1.807, 2.05) is 0 Å². The number of alkyl halides is 3. The van der Waals surface area contributed by atoms with Crippen LogP contribution in [0, 0.1) is 0 Å². The number of rotatable bonds is 0. The minimum absolute atomic E-state index is 0.183. The van der Waals surface area contributed by atoms with Crippen molar-refractivity contribution < 1.29 is 13.2 Å². The summed E-state index contributed by atoms with van der Waals surface area (Å²) in [5.74, 6) is 0. The zero-order chi connectivity index (χ0) is 8.70. The Morgan fingerprint density at radius 1 is 1.55 bits per heavy atom. The second-order valence-corrected chi connectivity index (χ2v) is 2.83. The highest BCUT2D eigenvalue weighted by Gasteiger charge is 2.54. The average molecular weight is 169 g/mol. The number of halogens is 3. The summed E-state index contributed by atoms with van der Waals surface area (Å²) < 4.78 is 36.5. The molecular weight excluding hydrogens is 159 g/mol. The quantitative estimate of drug-likeness (QED) is 0.468. The van der Waals surface area contributed by atoms with Crippen LogP contribution in [0.1, 0.15) is 6.92 Å². The molecule has 0 aliphatic carbocycles. The van der Waals surface area contributed by atoms with Crippen LogP contribution in [-0.2, 0) is 0 Å². The van der Waals surface area contributed by atoms with Crippen LogP contribution < -0.4 is 16.4 Å². The number of nitrogens with two attached hydrogens (primary N) is 1. The van der Waals surface area contributed by atoms with Crippen molar-refractivity contribution in [3.8, 4) is 0 Å². The summed E-state index contributed by atoms with van der Waals surface area (Å²) in [5, 5.41) is 4.68. The van der Waals surface area contributed by atoms with E-state index in [1.165, 1.54) is 0 Å². The van der Waals surface area contributed by atoms with Gasteiger partial charge in [-0.05, 0) is 6.92 Å². The van der Waals surface area contributed by atoms with Gasteiger partial charge in [-0.3, -0.25) is 10.6 Å². The Morgan fingerprint density at radius 3 is 2.27 bits per heavy atom. The second kappa shape index (κ2) is 2.33. The van der Waals surface area contributed by atoms with Gasteiger partial charge in [0.1, 0.15) is 11.8 Å². The molecule has 2 unspecified atom stereocenters. The number of nitrogens with one attached hydrogen (secondary N) is 2. The molecule has 3 nitrogen and oxygen atoms in total. The molecule has 0 spiro atoms. The SMILES string of the molecule is CC1(C(F)(F)F)CNC(N)N1. The largest absolute Gasteiger partial charge is 0.407 e. The lowest BCUT2D eigenvalue weighted by Crippen LogP contribution is -2.55. The molecule has 0 amide bonds. The maximum atomic E-state index is 12.2. The van der Waals surface area contributed by atoms with Crippen LogP contribution in [-0.4, -0.2) is 24.5 Å². The molecule has 0 aromatic heterocycles. The first kappa shape index (κ1) is 8.76. The van der Waals surface area contributed by atoms with Gasteiger partial charge in [0.05, 0.1) is 0 Å². The molecule has 1 aliphatic heterocycles. The third kappa shape index (κ3) is 1.47. The lowest BCUT2D eigenvalue weighted by molar-refractivity contribution is -0.183. The average Bonchev–Trinajstić information content (AvgIpc) is 2.10. The molecule has 0 aromatic rings. The summed E-state index contributed by atoms with van der Waals surface area (Å²) in [6.07, 6.45) is -5.02. The normalized spacial score (nSPS) is 39.5. The van der Waals surface area contributed by atoms with Gasteiger partial charge in [-0.15, -0.1) is 0 Å². The highest BCUT2D eigenvalue weighted by atomic mass is 19.4. The number of hydrogen-bond acceptors (Lipinski definition) is 3. The summed E-state index contributed by atoms with van der Waals surface area (Å²) in [6.45, 7) is 0.893. The minimum atomic E-state index is -4.26. The van der Waals surface area contributed by atoms with Gasteiger partial charge in [0.2, 0.25) is 0 Å². The van der Waals surface area contributed by atoms with E-state index < -0.39 is 18.0 Å². The third-order valence-electron chi connectivity index (χ3n) is 1.78. The van der Waals surface area contributed by atoms with Gasteiger partial charge in [0.15, 0.2) is 0 Å². The smallest absolute Gasteiger partial charge is 0.304 e. The summed E-state index contributed by atoms with van der Waals surface area (Å²) in [4.78, 5) is 0. The van der Waals surface area contributed by atoms with Crippen molar-refractivity contribution in [1.82, 2.24) is 10.6 Å². The van der Waals surface area contributed by atoms with Gasteiger partial charge in [-0.2, -0.15) is 13.2 Å². The van der Waals surface area contributed by atoms with Crippen LogP contribution >= 0.6 is 0 Å². The summed E-state index contributed by atoms with van der Waals surface area (Å²) in [5.41, 5.74) is 3.30. The zero-order valence-electron chi connectivity index (χ0n) is 6.00. The first-order chi connectivity index (χ1) is 4.85. The molecule has 1 heterocycles. The van der Waals surface area contributed by atoms with Crippen molar-refractivity contribution in [2.75, 3.05) is 6.54 Å². The summed E-state index contributed by atoms with van der Waals surface area (Å²) in [7, 11) is 0. The molecular formula is C5H10F3N3. The molecule has 1 saturated heterocycles. The van der Waals surface area contributed by atoms with Crippen molar-refractivity contribution in [1.29, 1.82) is 0 Å². The van der Waals surface area contributed by atoms with Crippen molar-refractivity contribution in [3.05, 3.63) is 0 Å². The molecule has 1 fully saturated rings. The van der Waals surface area contributed by atoms with Crippen molar-refractivity contribution in [2.24, 2.45) is 5.73 Å². The molecule has 66 valence electrons. The van der Waals surface area contributed by atoms with Gasteiger partial charge in [-0.1, -0.05) is 0 Å². The Morgan fingerprint density at radius 2 is 2.09 bits per heavy atom. The maximum absolute atomic E-state index is 12.2. The van der Waals surface area contributed by atoms with E-state index in [2.05, 4.69) is 10.6 Å². The van der Waals surface area contributed by atoms with Crippen LogP contribution in [0.3, 0.4) is 0 Å². The van der Waals surface area contributed by atoms with Crippen LogP contribution in [0.2, 0.25) is 0 Å². The van der Waals surface area contributed by atoms with Gasteiger partial charge in [-0.25, -0.2) is 0 Å². The van der Waals surface area contributed by atoms with Crippen molar-refractivity contribution in [2.45, 2.75) is 24.9 Å². The third-order valence-corrected chi connectivity index (χ3v) is 1.78. The lowest BCUT2D eigenvalue weighted by Gasteiger charge is -2.26. The van der Waals surface area contributed by atoms with Gasteiger partial charge < -0.3 is 5.73 Å². The molecule has 4 N–H and O–H groups in total. The first-order valence-corrected chi connectivity index (χ1v) is 3.18. The molecule has 0 saturated carbocycles. The Labute approximate surface area is 62.1 Å². The Balaban J connectivity index is 2.69. The van der Waals surface area contributed by atoms with E-state index in [9.17, 15) is 13.2 Å². The molecule has 6 heteroatoms. The Bertz CT molecular complexity index is 158. The van der Waals surface area contributed by atoms with E-state index >= 15 is 0 Å². The zero-order valence-corrected chi connectivity index (χ0v) is 6.00. The van der Waals surface area contributed by atoms with Gasteiger partial charge in [0, 0.05) is 6.54 Å². The molecule has 0 bridgehead atoms. The van der Waals surface area contributed by atoms with Crippen LogP contribution in [0.25, 0.3) is 0 Å². The molecule has 0 aromatic carbocycles. The highest BCUT2D eigenvalue weighted by molar-refractivity contribution is 4.98.